The smallest absolute Gasteiger partial charge is 0.115 e. The van der Waals surface area contributed by atoms with Crippen molar-refractivity contribution >= 4 is 27.3 Å². The van der Waals surface area contributed by atoms with Gasteiger partial charge in [0.1, 0.15) is 5.75 Å². The van der Waals surface area contributed by atoms with Gasteiger partial charge in [0.05, 0.1) is 3.79 Å². The molecule has 1 aromatic carbocycles. The fraction of sp³-hybridized carbons (Fsp3) is 0.333. The quantitative estimate of drug-likeness (QED) is 0.811. The molecule has 2 nitrogen and oxygen atoms in total. The minimum absolute atomic E-state index is 0.321. The lowest BCUT2D eigenvalue weighted by Crippen LogP contribution is -2.22. The second kappa shape index (κ2) is 7.08. The molecule has 0 spiro atoms. The summed E-state index contributed by atoms with van der Waals surface area (Å²) in [4.78, 5) is 1.39. The molecule has 2 N–H and O–H groups in total. The number of phenolic OH excluding ortho intramolecular Hbond substituents is 1. The van der Waals surface area contributed by atoms with E-state index in [-0.39, 0.29) is 0 Å². The second-order valence-corrected chi connectivity index (χ2v) is 7.01. The van der Waals surface area contributed by atoms with Crippen LogP contribution in [0.1, 0.15) is 29.8 Å². The van der Waals surface area contributed by atoms with E-state index in [2.05, 4.69) is 40.3 Å². The van der Waals surface area contributed by atoms with E-state index in [0.29, 0.717) is 11.8 Å². The molecule has 2 rings (SSSR count). The van der Waals surface area contributed by atoms with E-state index in [1.54, 1.807) is 23.5 Å². The third-order valence-corrected chi connectivity index (χ3v) is 4.78. The van der Waals surface area contributed by atoms with E-state index >= 15 is 0 Å². The molecular weight excluding hydrogens is 322 g/mol. The largest absolute Gasteiger partial charge is 0.508 e. The molecule has 2 aromatic rings. The van der Waals surface area contributed by atoms with Gasteiger partial charge in [-0.25, -0.2) is 0 Å². The molecule has 1 unspecified atom stereocenters. The lowest BCUT2D eigenvalue weighted by Gasteiger charge is -2.17. The van der Waals surface area contributed by atoms with Crippen LogP contribution in [0.25, 0.3) is 0 Å². The average Bonchev–Trinajstić information content (AvgIpc) is 2.82. The van der Waals surface area contributed by atoms with Gasteiger partial charge in [-0.05, 0) is 58.6 Å². The molecule has 102 valence electrons. The van der Waals surface area contributed by atoms with Crippen LogP contribution in [-0.2, 0) is 6.42 Å². The summed E-state index contributed by atoms with van der Waals surface area (Å²) in [5.41, 5.74) is 1.23. The molecule has 0 amide bonds. The van der Waals surface area contributed by atoms with Crippen LogP contribution in [0.15, 0.2) is 40.2 Å². The summed E-state index contributed by atoms with van der Waals surface area (Å²) in [5.74, 6) is 0.321. The Morgan fingerprint density at radius 1 is 1.21 bits per heavy atom. The Balaban J connectivity index is 1.87. The van der Waals surface area contributed by atoms with Crippen LogP contribution in [-0.4, -0.2) is 11.7 Å². The minimum Gasteiger partial charge on any atom is -0.508 e. The summed E-state index contributed by atoms with van der Waals surface area (Å²) in [6.07, 6.45) is 2.09. The van der Waals surface area contributed by atoms with Crippen molar-refractivity contribution in [2.24, 2.45) is 0 Å². The van der Waals surface area contributed by atoms with Gasteiger partial charge >= 0.3 is 0 Å². The normalized spacial score (nSPS) is 12.5. The Morgan fingerprint density at radius 2 is 1.95 bits per heavy atom. The number of aromatic hydroxyl groups is 1. The molecule has 1 aromatic heterocycles. The van der Waals surface area contributed by atoms with Gasteiger partial charge in [-0.1, -0.05) is 19.1 Å². The highest BCUT2D eigenvalue weighted by Crippen LogP contribution is 2.23. The van der Waals surface area contributed by atoms with Crippen LogP contribution < -0.4 is 5.32 Å². The predicted octanol–water partition coefficient (Wildman–Crippen LogP) is 4.50. The molecule has 1 atom stereocenters. The van der Waals surface area contributed by atoms with Gasteiger partial charge in [0, 0.05) is 17.5 Å². The van der Waals surface area contributed by atoms with Crippen molar-refractivity contribution in [2.75, 3.05) is 6.54 Å². The fourth-order valence-corrected chi connectivity index (χ4v) is 3.54. The van der Waals surface area contributed by atoms with Crippen molar-refractivity contribution in [1.82, 2.24) is 5.32 Å². The zero-order valence-electron chi connectivity index (χ0n) is 10.9. The maximum Gasteiger partial charge on any atom is 0.115 e. The molecule has 0 saturated heterocycles. The SMILES string of the molecule is CCC(NCCc1ccc(Br)s1)c1ccc(O)cc1. The molecule has 0 saturated carbocycles. The first-order valence-electron chi connectivity index (χ1n) is 6.45. The van der Waals surface area contributed by atoms with Gasteiger partial charge < -0.3 is 10.4 Å². The topological polar surface area (TPSA) is 32.3 Å². The maximum absolute atomic E-state index is 9.31. The molecule has 0 bridgehead atoms. The van der Waals surface area contributed by atoms with E-state index in [0.717, 1.165) is 19.4 Å². The molecule has 0 aliphatic heterocycles. The van der Waals surface area contributed by atoms with Crippen molar-refractivity contribution in [3.63, 3.8) is 0 Å². The number of halogens is 1. The molecule has 19 heavy (non-hydrogen) atoms. The van der Waals surface area contributed by atoms with Gasteiger partial charge in [0.2, 0.25) is 0 Å². The van der Waals surface area contributed by atoms with E-state index in [9.17, 15) is 5.11 Å². The van der Waals surface area contributed by atoms with Crippen molar-refractivity contribution in [2.45, 2.75) is 25.8 Å². The average molecular weight is 340 g/mol. The van der Waals surface area contributed by atoms with E-state index in [1.807, 2.05) is 12.1 Å². The monoisotopic (exact) mass is 339 g/mol. The Hall–Kier alpha value is -0.840. The van der Waals surface area contributed by atoms with Gasteiger partial charge in [-0.15, -0.1) is 11.3 Å². The molecule has 1 heterocycles. The van der Waals surface area contributed by atoms with E-state index in [4.69, 9.17) is 0 Å². The minimum atomic E-state index is 0.321. The van der Waals surface area contributed by atoms with Gasteiger partial charge in [0.25, 0.3) is 0 Å². The highest BCUT2D eigenvalue weighted by Gasteiger charge is 2.08. The van der Waals surface area contributed by atoms with Crippen LogP contribution in [0.5, 0.6) is 5.75 Å². The molecular formula is C15H18BrNOS. The zero-order chi connectivity index (χ0) is 13.7. The van der Waals surface area contributed by atoms with Crippen LogP contribution in [0.3, 0.4) is 0 Å². The highest BCUT2D eigenvalue weighted by atomic mass is 79.9. The Kier molecular flexibility index (Phi) is 5.43. The lowest BCUT2D eigenvalue weighted by molar-refractivity contribution is 0.473. The lowest BCUT2D eigenvalue weighted by atomic mass is 10.0. The summed E-state index contributed by atoms with van der Waals surface area (Å²) in [6, 6.07) is 12.1. The molecule has 0 fully saturated rings. The Bertz CT molecular complexity index is 509. The summed E-state index contributed by atoms with van der Waals surface area (Å²) in [7, 11) is 0. The number of rotatable bonds is 6. The van der Waals surface area contributed by atoms with Gasteiger partial charge in [0.15, 0.2) is 0 Å². The summed E-state index contributed by atoms with van der Waals surface area (Å²) in [5, 5.41) is 12.9. The van der Waals surface area contributed by atoms with Crippen molar-refractivity contribution in [3.05, 3.63) is 50.6 Å². The summed E-state index contributed by atoms with van der Waals surface area (Å²) in [6.45, 7) is 3.14. The van der Waals surface area contributed by atoms with Crippen LogP contribution >= 0.6 is 27.3 Å². The van der Waals surface area contributed by atoms with Gasteiger partial charge in [-0.2, -0.15) is 0 Å². The highest BCUT2D eigenvalue weighted by molar-refractivity contribution is 9.11. The Labute approximate surface area is 126 Å². The first-order valence-corrected chi connectivity index (χ1v) is 8.06. The van der Waals surface area contributed by atoms with Crippen LogP contribution in [0.4, 0.5) is 0 Å². The maximum atomic E-state index is 9.31. The second-order valence-electron chi connectivity index (χ2n) is 4.46. The van der Waals surface area contributed by atoms with Crippen molar-refractivity contribution < 1.29 is 5.11 Å². The molecule has 4 heteroatoms. The van der Waals surface area contributed by atoms with Crippen LogP contribution in [0.2, 0.25) is 0 Å². The molecule has 0 aliphatic carbocycles. The van der Waals surface area contributed by atoms with E-state index < -0.39 is 0 Å². The van der Waals surface area contributed by atoms with Gasteiger partial charge in [-0.3, -0.25) is 0 Å². The summed E-state index contributed by atoms with van der Waals surface area (Å²) >= 11 is 5.27. The number of benzene rings is 1. The van der Waals surface area contributed by atoms with Crippen LogP contribution in [0, 0.1) is 0 Å². The predicted molar refractivity (Wildman–Crippen MR) is 84.9 cm³/mol. The van der Waals surface area contributed by atoms with Crippen molar-refractivity contribution in [3.8, 4) is 5.75 Å². The number of phenols is 1. The fourth-order valence-electron chi connectivity index (χ4n) is 2.06. The number of hydrogen-bond acceptors (Lipinski definition) is 3. The summed E-state index contributed by atoms with van der Waals surface area (Å²) < 4.78 is 1.19. The molecule has 0 radical (unpaired) electrons. The number of thiophene rings is 1. The third kappa shape index (κ3) is 4.34. The van der Waals surface area contributed by atoms with Crippen molar-refractivity contribution in [1.29, 1.82) is 0 Å². The molecule has 0 aliphatic rings. The number of nitrogens with one attached hydrogen (secondary N) is 1. The Morgan fingerprint density at radius 3 is 2.53 bits per heavy atom. The van der Waals surface area contributed by atoms with E-state index in [1.165, 1.54) is 14.2 Å². The third-order valence-electron chi connectivity index (χ3n) is 3.09. The first kappa shape index (κ1) is 14.6. The first-order chi connectivity index (χ1) is 9.19. The standard InChI is InChI=1S/C15H18BrNOS/c1-2-14(11-3-5-12(18)6-4-11)17-10-9-13-7-8-15(16)19-13/h3-8,14,17-18H,2,9-10H2,1H3. The number of hydrogen-bond donors (Lipinski definition) is 2. The zero-order valence-corrected chi connectivity index (χ0v) is 13.3.